The summed E-state index contributed by atoms with van der Waals surface area (Å²) in [5.74, 6) is -0.354. The summed E-state index contributed by atoms with van der Waals surface area (Å²) < 4.78 is 0. The lowest BCUT2D eigenvalue weighted by molar-refractivity contribution is -0.384. The monoisotopic (exact) mass is 416 g/mol. The van der Waals surface area contributed by atoms with E-state index in [1.807, 2.05) is 17.0 Å². The molecular formula is C20H21ClN4O4. The van der Waals surface area contributed by atoms with Crippen molar-refractivity contribution < 1.29 is 14.5 Å². The third kappa shape index (κ3) is 4.83. The molecule has 29 heavy (non-hydrogen) atoms. The number of carbonyl (C=O) groups excluding carboxylic acids is 2. The minimum atomic E-state index is -0.524. The zero-order valence-corrected chi connectivity index (χ0v) is 16.7. The summed E-state index contributed by atoms with van der Waals surface area (Å²) in [6.07, 6.45) is 0.304. The van der Waals surface area contributed by atoms with Gasteiger partial charge in [-0.25, -0.2) is 0 Å². The lowest BCUT2D eigenvalue weighted by Crippen LogP contribution is -2.49. The van der Waals surface area contributed by atoms with Gasteiger partial charge in [0.25, 0.3) is 11.6 Å². The lowest BCUT2D eigenvalue weighted by atomic mass is 10.1. The van der Waals surface area contributed by atoms with Gasteiger partial charge in [0.1, 0.15) is 0 Å². The maximum atomic E-state index is 12.6. The van der Waals surface area contributed by atoms with E-state index in [0.29, 0.717) is 43.3 Å². The maximum Gasteiger partial charge on any atom is 0.270 e. The molecule has 1 saturated heterocycles. The van der Waals surface area contributed by atoms with Crippen LogP contribution in [0.15, 0.2) is 42.5 Å². The van der Waals surface area contributed by atoms with E-state index in [4.69, 9.17) is 11.6 Å². The maximum absolute atomic E-state index is 12.6. The predicted molar refractivity (Wildman–Crippen MR) is 110 cm³/mol. The molecule has 0 aromatic heterocycles. The molecule has 1 heterocycles. The van der Waals surface area contributed by atoms with Crippen molar-refractivity contribution in [3.8, 4) is 0 Å². The molecule has 1 N–H and O–H groups in total. The number of anilines is 1. The molecule has 9 heteroatoms. The van der Waals surface area contributed by atoms with Gasteiger partial charge in [0, 0.05) is 50.4 Å². The molecule has 0 bridgehead atoms. The van der Waals surface area contributed by atoms with Crippen LogP contribution in [0.4, 0.5) is 11.4 Å². The molecule has 0 saturated carbocycles. The van der Waals surface area contributed by atoms with Crippen LogP contribution in [0.25, 0.3) is 0 Å². The number of halogens is 1. The average Bonchev–Trinajstić information content (AvgIpc) is 2.74. The van der Waals surface area contributed by atoms with Gasteiger partial charge in [0.05, 0.1) is 22.6 Å². The number of amides is 2. The molecule has 1 aliphatic heterocycles. The summed E-state index contributed by atoms with van der Waals surface area (Å²) in [4.78, 5) is 39.1. The molecule has 0 radical (unpaired) electrons. The number of hydrogen-bond acceptors (Lipinski definition) is 5. The summed E-state index contributed by atoms with van der Waals surface area (Å²) >= 11 is 5.88. The third-order valence-corrected chi connectivity index (χ3v) is 5.16. The van der Waals surface area contributed by atoms with Crippen molar-refractivity contribution in [3.63, 3.8) is 0 Å². The molecule has 152 valence electrons. The van der Waals surface area contributed by atoms with Crippen LogP contribution < -0.4 is 10.2 Å². The molecule has 2 aromatic carbocycles. The van der Waals surface area contributed by atoms with Crippen LogP contribution in [-0.4, -0.2) is 54.9 Å². The van der Waals surface area contributed by atoms with Crippen molar-refractivity contribution in [2.24, 2.45) is 0 Å². The molecule has 1 fully saturated rings. The highest BCUT2D eigenvalue weighted by Gasteiger charge is 2.25. The first kappa shape index (κ1) is 20.6. The van der Waals surface area contributed by atoms with Crippen molar-refractivity contribution in [3.05, 3.63) is 68.7 Å². The van der Waals surface area contributed by atoms with Crippen molar-refractivity contribution in [2.75, 3.05) is 38.1 Å². The van der Waals surface area contributed by atoms with Gasteiger partial charge in [0.15, 0.2) is 0 Å². The molecule has 3 rings (SSSR count). The SMILES string of the molecule is CNC(=O)c1cc([N+](=O)[O-])ccc1N1CCN(C(=O)Cc2ccc(Cl)cc2)CC1. The average molecular weight is 417 g/mol. The Kier molecular flexibility index (Phi) is 6.33. The van der Waals surface area contributed by atoms with E-state index in [2.05, 4.69) is 5.32 Å². The Balaban J connectivity index is 1.68. The van der Waals surface area contributed by atoms with Gasteiger partial charge in [-0.2, -0.15) is 0 Å². The highest BCUT2D eigenvalue weighted by atomic mass is 35.5. The van der Waals surface area contributed by atoms with Crippen LogP contribution in [0.3, 0.4) is 0 Å². The Morgan fingerprint density at radius 3 is 2.34 bits per heavy atom. The standard InChI is InChI=1S/C20H21ClN4O4/c1-22-20(27)17-13-16(25(28)29)6-7-18(17)23-8-10-24(11-9-23)19(26)12-14-2-4-15(21)5-3-14/h2-7,13H,8-12H2,1H3,(H,22,27). The van der Waals surface area contributed by atoms with E-state index < -0.39 is 4.92 Å². The number of nitro benzene ring substituents is 1. The van der Waals surface area contributed by atoms with Gasteiger partial charge in [0.2, 0.25) is 5.91 Å². The van der Waals surface area contributed by atoms with E-state index in [9.17, 15) is 19.7 Å². The normalized spacial score (nSPS) is 13.9. The van der Waals surface area contributed by atoms with Gasteiger partial charge in [-0.1, -0.05) is 23.7 Å². The van der Waals surface area contributed by atoms with Gasteiger partial charge < -0.3 is 15.1 Å². The second kappa shape index (κ2) is 8.91. The topological polar surface area (TPSA) is 95.8 Å². The third-order valence-electron chi connectivity index (χ3n) is 4.90. The van der Waals surface area contributed by atoms with E-state index >= 15 is 0 Å². The molecule has 0 aliphatic carbocycles. The number of nitrogens with zero attached hydrogens (tertiary/aromatic N) is 3. The highest BCUT2D eigenvalue weighted by molar-refractivity contribution is 6.30. The minimum Gasteiger partial charge on any atom is -0.367 e. The molecule has 2 amide bonds. The summed E-state index contributed by atoms with van der Waals surface area (Å²) in [6, 6.07) is 11.5. The Labute approximate surface area is 173 Å². The van der Waals surface area contributed by atoms with Gasteiger partial charge >= 0.3 is 0 Å². The number of carbonyl (C=O) groups is 2. The molecular weight excluding hydrogens is 396 g/mol. The van der Waals surface area contributed by atoms with Crippen molar-refractivity contribution in [2.45, 2.75) is 6.42 Å². The fraction of sp³-hybridized carbons (Fsp3) is 0.300. The van der Waals surface area contributed by atoms with Crippen LogP contribution in [0.1, 0.15) is 15.9 Å². The Morgan fingerprint density at radius 1 is 1.10 bits per heavy atom. The number of nitrogens with one attached hydrogen (secondary N) is 1. The van der Waals surface area contributed by atoms with Gasteiger partial charge in [-0.15, -0.1) is 0 Å². The first-order valence-corrected chi connectivity index (χ1v) is 9.54. The molecule has 1 aliphatic rings. The minimum absolute atomic E-state index is 0.0298. The summed E-state index contributed by atoms with van der Waals surface area (Å²) in [5, 5.41) is 14.2. The van der Waals surface area contributed by atoms with Crippen molar-refractivity contribution in [1.82, 2.24) is 10.2 Å². The number of hydrogen-bond donors (Lipinski definition) is 1. The van der Waals surface area contributed by atoms with E-state index in [1.54, 1.807) is 23.1 Å². The molecule has 0 atom stereocenters. The summed E-state index contributed by atoms with van der Waals surface area (Å²) in [6.45, 7) is 2.09. The Morgan fingerprint density at radius 2 is 1.76 bits per heavy atom. The predicted octanol–water partition coefficient (Wildman–Crippen LogP) is 2.50. The van der Waals surface area contributed by atoms with Crippen LogP contribution >= 0.6 is 11.6 Å². The first-order chi connectivity index (χ1) is 13.9. The second-order valence-corrected chi connectivity index (χ2v) is 7.15. The Hall–Kier alpha value is -3.13. The van der Waals surface area contributed by atoms with Crippen LogP contribution in [0.2, 0.25) is 5.02 Å². The van der Waals surface area contributed by atoms with Crippen LogP contribution in [0, 0.1) is 10.1 Å². The van der Waals surface area contributed by atoms with Gasteiger partial charge in [-0.3, -0.25) is 19.7 Å². The van der Waals surface area contributed by atoms with Gasteiger partial charge in [-0.05, 0) is 23.8 Å². The summed E-state index contributed by atoms with van der Waals surface area (Å²) in [5.41, 5.74) is 1.64. The van der Waals surface area contributed by atoms with E-state index in [0.717, 1.165) is 5.56 Å². The van der Waals surface area contributed by atoms with Crippen LogP contribution in [0.5, 0.6) is 0 Å². The quantitative estimate of drug-likeness (QED) is 0.596. The van der Waals surface area contributed by atoms with E-state index in [1.165, 1.54) is 19.2 Å². The zero-order chi connectivity index (χ0) is 21.0. The fourth-order valence-electron chi connectivity index (χ4n) is 3.32. The molecule has 0 spiro atoms. The number of non-ortho nitro benzene ring substituents is 1. The Bertz CT molecular complexity index is 925. The number of rotatable bonds is 5. The summed E-state index contributed by atoms with van der Waals surface area (Å²) in [7, 11) is 1.48. The fourth-order valence-corrected chi connectivity index (χ4v) is 3.44. The number of nitro groups is 1. The second-order valence-electron chi connectivity index (χ2n) is 6.71. The number of benzene rings is 2. The molecule has 0 unspecified atom stereocenters. The highest BCUT2D eigenvalue weighted by Crippen LogP contribution is 2.26. The molecule has 8 nitrogen and oxygen atoms in total. The first-order valence-electron chi connectivity index (χ1n) is 9.16. The van der Waals surface area contributed by atoms with E-state index in [-0.39, 0.29) is 23.1 Å². The zero-order valence-electron chi connectivity index (χ0n) is 15.9. The number of piperazine rings is 1. The van der Waals surface area contributed by atoms with Crippen molar-refractivity contribution in [1.29, 1.82) is 0 Å². The van der Waals surface area contributed by atoms with Crippen molar-refractivity contribution >= 4 is 34.8 Å². The smallest absolute Gasteiger partial charge is 0.270 e. The lowest BCUT2D eigenvalue weighted by Gasteiger charge is -2.36. The molecule has 2 aromatic rings. The van der Waals surface area contributed by atoms with Crippen LogP contribution in [-0.2, 0) is 11.2 Å². The largest absolute Gasteiger partial charge is 0.367 e.